The van der Waals surface area contributed by atoms with Gasteiger partial charge in [-0.15, -0.1) is 0 Å². The maximum atomic E-state index is 13.1. The maximum absolute atomic E-state index is 13.1. The Bertz CT molecular complexity index is 1180. The van der Waals surface area contributed by atoms with Gasteiger partial charge in [-0.1, -0.05) is 48.2 Å². The average Bonchev–Trinajstić information content (AvgIpc) is 3.08. The molecule has 7 heteroatoms. The molecule has 28 heavy (non-hydrogen) atoms. The number of aromatic nitrogens is 3. The number of hydrogen-bond acceptors (Lipinski definition) is 4. The van der Waals surface area contributed by atoms with Gasteiger partial charge < -0.3 is 10.3 Å². The Balaban J connectivity index is 1.67. The van der Waals surface area contributed by atoms with Gasteiger partial charge in [0.05, 0.1) is 17.0 Å². The van der Waals surface area contributed by atoms with Gasteiger partial charge in [0.25, 0.3) is 5.56 Å². The minimum Gasteiger partial charge on any atom is -0.353 e. The average molecular weight is 390 g/mol. The van der Waals surface area contributed by atoms with Crippen LogP contribution in [0.5, 0.6) is 0 Å². The molecule has 0 atom stereocenters. The van der Waals surface area contributed by atoms with Crippen LogP contribution in [0.1, 0.15) is 5.69 Å². The zero-order valence-corrected chi connectivity index (χ0v) is 16.0. The highest BCUT2D eigenvalue weighted by Gasteiger charge is 2.16. The molecule has 0 spiro atoms. The number of rotatable bonds is 5. The van der Waals surface area contributed by atoms with E-state index in [-0.39, 0.29) is 17.2 Å². The van der Waals surface area contributed by atoms with Crippen LogP contribution >= 0.6 is 11.8 Å². The molecule has 1 amide bonds. The number of fused-ring (bicyclic) bond motifs is 1. The lowest BCUT2D eigenvalue weighted by atomic mass is 10.3. The van der Waals surface area contributed by atoms with Gasteiger partial charge in [-0.3, -0.25) is 14.2 Å². The Morgan fingerprint density at radius 1 is 1.11 bits per heavy atom. The summed E-state index contributed by atoms with van der Waals surface area (Å²) in [6.07, 6.45) is 0. The van der Waals surface area contributed by atoms with E-state index in [2.05, 4.69) is 15.3 Å². The first kappa shape index (κ1) is 18.1. The molecule has 0 aliphatic heterocycles. The Morgan fingerprint density at radius 2 is 1.79 bits per heavy atom. The third kappa shape index (κ3) is 3.70. The molecule has 0 aliphatic carbocycles. The second kappa shape index (κ2) is 7.74. The molecular weight excluding hydrogens is 372 g/mol. The molecular formula is C21H18N4O2S. The van der Waals surface area contributed by atoms with Crippen molar-refractivity contribution in [3.05, 3.63) is 82.8 Å². The summed E-state index contributed by atoms with van der Waals surface area (Å²) in [5.41, 5.74) is 3.18. The van der Waals surface area contributed by atoms with Crippen LogP contribution < -0.4 is 10.9 Å². The lowest BCUT2D eigenvalue weighted by Gasteiger charge is -2.12. The number of para-hydroxylation sites is 2. The summed E-state index contributed by atoms with van der Waals surface area (Å²) in [6.45, 7) is 1.88. The SMILES string of the molecule is Cc1cc2nc(SCC(=O)Nc3ccccc3)n(-c3ccccc3)c(=O)c2[nH]1. The molecule has 0 aliphatic rings. The predicted octanol–water partition coefficient (Wildman–Crippen LogP) is 3.75. The number of H-pyrrole nitrogens is 1. The molecule has 2 aromatic carbocycles. The van der Waals surface area contributed by atoms with Gasteiger partial charge >= 0.3 is 0 Å². The number of aromatic amines is 1. The summed E-state index contributed by atoms with van der Waals surface area (Å²) >= 11 is 1.23. The standard InChI is InChI=1S/C21H18N4O2S/c1-14-12-17-19(22-14)20(27)25(16-10-6-3-7-11-16)21(24-17)28-13-18(26)23-15-8-4-2-5-9-15/h2-12,22H,13H2,1H3,(H,23,26). The molecule has 140 valence electrons. The second-order valence-electron chi connectivity index (χ2n) is 6.29. The third-order valence-electron chi connectivity index (χ3n) is 4.16. The number of amides is 1. The fourth-order valence-electron chi connectivity index (χ4n) is 2.93. The van der Waals surface area contributed by atoms with Crippen molar-refractivity contribution in [2.45, 2.75) is 12.1 Å². The van der Waals surface area contributed by atoms with Crippen molar-refractivity contribution in [2.75, 3.05) is 11.1 Å². The number of thioether (sulfide) groups is 1. The van der Waals surface area contributed by atoms with E-state index < -0.39 is 0 Å². The fraction of sp³-hybridized carbons (Fsp3) is 0.0952. The number of hydrogen-bond donors (Lipinski definition) is 2. The maximum Gasteiger partial charge on any atom is 0.283 e. The highest BCUT2D eigenvalue weighted by molar-refractivity contribution is 7.99. The van der Waals surface area contributed by atoms with Crippen molar-refractivity contribution in [3.63, 3.8) is 0 Å². The van der Waals surface area contributed by atoms with Gasteiger partial charge in [0.15, 0.2) is 5.16 Å². The zero-order chi connectivity index (χ0) is 19.5. The monoisotopic (exact) mass is 390 g/mol. The highest BCUT2D eigenvalue weighted by Crippen LogP contribution is 2.22. The first-order chi connectivity index (χ1) is 13.6. The number of benzene rings is 2. The first-order valence-corrected chi connectivity index (χ1v) is 9.76. The van der Waals surface area contributed by atoms with Crippen LogP contribution in [0.25, 0.3) is 16.7 Å². The lowest BCUT2D eigenvalue weighted by Crippen LogP contribution is -2.23. The minimum atomic E-state index is -0.185. The van der Waals surface area contributed by atoms with E-state index >= 15 is 0 Å². The molecule has 6 nitrogen and oxygen atoms in total. The Labute approximate surface area is 165 Å². The third-order valence-corrected chi connectivity index (χ3v) is 5.10. The van der Waals surface area contributed by atoms with Gasteiger partial charge in [0.1, 0.15) is 5.52 Å². The molecule has 0 unspecified atom stereocenters. The highest BCUT2D eigenvalue weighted by atomic mass is 32.2. The quantitative estimate of drug-likeness (QED) is 0.402. The molecule has 0 fully saturated rings. The molecule has 2 aromatic heterocycles. The van der Waals surface area contributed by atoms with E-state index in [1.54, 1.807) is 4.57 Å². The van der Waals surface area contributed by atoms with Crippen molar-refractivity contribution in [3.8, 4) is 5.69 Å². The first-order valence-electron chi connectivity index (χ1n) is 8.77. The lowest BCUT2D eigenvalue weighted by molar-refractivity contribution is -0.113. The normalized spacial score (nSPS) is 10.9. The minimum absolute atomic E-state index is 0.142. The number of carbonyl (C=O) groups is 1. The smallest absolute Gasteiger partial charge is 0.283 e. The fourth-order valence-corrected chi connectivity index (χ4v) is 3.74. The number of nitrogens with one attached hydrogen (secondary N) is 2. The molecule has 0 radical (unpaired) electrons. The number of nitrogens with zero attached hydrogens (tertiary/aromatic N) is 2. The van der Waals surface area contributed by atoms with Crippen molar-refractivity contribution < 1.29 is 4.79 Å². The number of carbonyl (C=O) groups excluding carboxylic acids is 1. The van der Waals surface area contributed by atoms with Gasteiger partial charge in [-0.2, -0.15) is 0 Å². The van der Waals surface area contributed by atoms with Crippen LogP contribution in [0.2, 0.25) is 0 Å². The van der Waals surface area contributed by atoms with E-state index in [0.29, 0.717) is 21.9 Å². The molecule has 0 saturated heterocycles. The van der Waals surface area contributed by atoms with Gasteiger partial charge in [0, 0.05) is 11.4 Å². The van der Waals surface area contributed by atoms with E-state index in [9.17, 15) is 9.59 Å². The van der Waals surface area contributed by atoms with Crippen LogP contribution in [0.3, 0.4) is 0 Å². The molecule has 4 rings (SSSR count). The van der Waals surface area contributed by atoms with Gasteiger partial charge in [-0.25, -0.2) is 4.98 Å². The number of anilines is 1. The van der Waals surface area contributed by atoms with E-state index in [0.717, 1.165) is 11.4 Å². The molecule has 0 saturated carbocycles. The Morgan fingerprint density at radius 3 is 2.50 bits per heavy atom. The van der Waals surface area contributed by atoms with Gasteiger partial charge in [-0.05, 0) is 37.3 Å². The van der Waals surface area contributed by atoms with E-state index in [1.807, 2.05) is 73.7 Å². The predicted molar refractivity (Wildman–Crippen MR) is 112 cm³/mol. The van der Waals surface area contributed by atoms with Crippen molar-refractivity contribution in [1.29, 1.82) is 0 Å². The van der Waals surface area contributed by atoms with Crippen LogP contribution in [0.15, 0.2) is 76.7 Å². The second-order valence-corrected chi connectivity index (χ2v) is 7.23. The summed E-state index contributed by atoms with van der Waals surface area (Å²) in [5, 5.41) is 3.32. The van der Waals surface area contributed by atoms with E-state index in [1.165, 1.54) is 11.8 Å². The van der Waals surface area contributed by atoms with Crippen molar-refractivity contribution >= 4 is 34.4 Å². The summed E-state index contributed by atoms with van der Waals surface area (Å²) in [6, 6.07) is 20.4. The largest absolute Gasteiger partial charge is 0.353 e. The Kier molecular flexibility index (Phi) is 4.99. The molecule has 2 heterocycles. The van der Waals surface area contributed by atoms with Crippen molar-refractivity contribution in [1.82, 2.24) is 14.5 Å². The molecule has 0 bridgehead atoms. The summed E-state index contributed by atoms with van der Waals surface area (Å²) in [4.78, 5) is 33.1. The number of aryl methyl sites for hydroxylation is 1. The summed E-state index contributed by atoms with van der Waals surface area (Å²) in [7, 11) is 0. The zero-order valence-electron chi connectivity index (χ0n) is 15.2. The van der Waals surface area contributed by atoms with Crippen LogP contribution in [0, 0.1) is 6.92 Å². The molecule has 2 N–H and O–H groups in total. The van der Waals surface area contributed by atoms with Gasteiger partial charge in [0.2, 0.25) is 5.91 Å². The summed E-state index contributed by atoms with van der Waals surface area (Å²) in [5.74, 6) is -0.0151. The van der Waals surface area contributed by atoms with Crippen LogP contribution in [-0.4, -0.2) is 26.2 Å². The van der Waals surface area contributed by atoms with E-state index in [4.69, 9.17) is 0 Å². The van der Waals surface area contributed by atoms with Crippen LogP contribution in [-0.2, 0) is 4.79 Å². The van der Waals surface area contributed by atoms with Crippen molar-refractivity contribution in [2.24, 2.45) is 0 Å². The topological polar surface area (TPSA) is 79.8 Å². The Hall–Kier alpha value is -3.32. The summed E-state index contributed by atoms with van der Waals surface area (Å²) < 4.78 is 1.54. The van der Waals surface area contributed by atoms with Crippen LogP contribution in [0.4, 0.5) is 5.69 Å². The molecule has 4 aromatic rings.